The van der Waals surface area contributed by atoms with Crippen LogP contribution in [0.3, 0.4) is 0 Å². The van der Waals surface area contributed by atoms with Gasteiger partial charge in [-0.25, -0.2) is 14.0 Å². The molecule has 1 amide bonds. The summed E-state index contributed by atoms with van der Waals surface area (Å²) >= 11 is 0. The van der Waals surface area contributed by atoms with E-state index >= 15 is 4.39 Å². The highest BCUT2D eigenvalue weighted by atomic mass is 19.1. The molecule has 60 heavy (non-hydrogen) atoms. The first-order valence-corrected chi connectivity index (χ1v) is 21.4. The van der Waals surface area contributed by atoms with Crippen molar-refractivity contribution in [2.45, 2.75) is 155 Å². The first kappa shape index (κ1) is 47.1. The first-order valence-electron chi connectivity index (χ1n) is 21.4. The van der Waals surface area contributed by atoms with E-state index in [0.29, 0.717) is 30.8 Å². The van der Waals surface area contributed by atoms with Gasteiger partial charge in [-0.2, -0.15) is 0 Å². The summed E-state index contributed by atoms with van der Waals surface area (Å²) in [4.78, 5) is 60.5. The van der Waals surface area contributed by atoms with E-state index in [-0.39, 0.29) is 43.2 Å². The number of anilines is 1. The van der Waals surface area contributed by atoms with Crippen molar-refractivity contribution in [2.75, 3.05) is 33.5 Å². The number of nitrogens with zero attached hydrogens (tertiary/aromatic N) is 5. The number of amides is 1. The fourth-order valence-corrected chi connectivity index (χ4v) is 9.83. The Hall–Kier alpha value is -3.99. The number of halogens is 1. The van der Waals surface area contributed by atoms with Gasteiger partial charge in [0.25, 0.3) is 5.67 Å². The molecule has 0 radical (unpaired) electrons. The lowest BCUT2D eigenvalue weighted by molar-refractivity contribution is -0.281. The molecule has 4 heterocycles. The highest BCUT2D eigenvalue weighted by Gasteiger charge is 2.61. The van der Waals surface area contributed by atoms with E-state index < -0.39 is 77.0 Å². The molecule has 3 fully saturated rings. The van der Waals surface area contributed by atoms with Gasteiger partial charge >= 0.3 is 12.1 Å². The lowest BCUT2D eigenvalue weighted by atomic mass is 9.73. The number of ether oxygens (including phenoxy) is 5. The van der Waals surface area contributed by atoms with Crippen LogP contribution < -0.4 is 5.73 Å². The second kappa shape index (κ2) is 18.5. The van der Waals surface area contributed by atoms with Crippen molar-refractivity contribution < 1.29 is 47.3 Å². The SMILES string of the molecule is CC[C@H]1OC(=O)[C@@](C)(F)C(=O)[C@H](C)[C@@H](O[C@@H]2O[C@H](C)C[C@H](N(C)C)[C@H]2C)[C@@](C)(OC)C[C@@H](C)C(=O)[C@H](C)[C@H]2N(CCCCn3cc(-c4cccc(N)c4)nn3)C(=O)O[C@]12C. The van der Waals surface area contributed by atoms with Crippen LogP contribution in [-0.4, -0.2) is 130 Å². The van der Waals surface area contributed by atoms with Crippen molar-refractivity contribution in [3.8, 4) is 11.3 Å². The number of ketones is 2. The number of rotatable bonds is 11. The van der Waals surface area contributed by atoms with E-state index in [1.54, 1.807) is 45.4 Å². The van der Waals surface area contributed by atoms with Crippen molar-refractivity contribution in [1.82, 2.24) is 24.8 Å². The summed E-state index contributed by atoms with van der Waals surface area (Å²) in [6.07, 6.45) is -0.178. The number of nitrogens with two attached hydrogens (primary N) is 1. The van der Waals surface area contributed by atoms with Gasteiger partial charge in [-0.3, -0.25) is 14.3 Å². The Morgan fingerprint density at radius 1 is 1.02 bits per heavy atom. The third-order valence-corrected chi connectivity index (χ3v) is 13.3. The Morgan fingerprint density at radius 2 is 1.70 bits per heavy atom. The minimum Gasteiger partial charge on any atom is -0.455 e. The standard InChI is InChI=1S/C44H67FN6O9/c1-13-34-44(9)36(51(41(55)60-44)20-15-14-19-50-24-32(47-48-50)30-17-16-18-31(46)22-30)28(5)35(52)25(2)23-42(7,56-12)38(29(6)37(53)43(8,45)40(54)58-34)59-39-27(4)33(49(10)11)21-26(3)57-39/h16-18,22,24-29,33-34,36,38-39H,13-15,19-21,23,46H2,1-12H3/t25-,26-,27-,28+,29+,33+,34-,36-,38-,39+,42+,43+,44-/m1/s1. The topological polar surface area (TPSA) is 178 Å². The number of alkyl halides is 1. The quantitative estimate of drug-likeness (QED) is 0.123. The number of nitrogen functional groups attached to an aromatic ring is 1. The van der Waals surface area contributed by atoms with Crippen molar-refractivity contribution in [3.63, 3.8) is 0 Å². The number of fused-ring (bicyclic) bond motifs is 1. The highest BCUT2D eigenvalue weighted by molar-refractivity contribution is 6.08. The highest BCUT2D eigenvalue weighted by Crippen LogP contribution is 2.44. The fraction of sp³-hybridized carbons (Fsp3) is 0.727. The lowest BCUT2D eigenvalue weighted by Crippen LogP contribution is -2.61. The van der Waals surface area contributed by atoms with Crippen LogP contribution in [0, 0.1) is 23.7 Å². The number of hydrogen-bond donors (Lipinski definition) is 1. The van der Waals surface area contributed by atoms with Crippen LogP contribution in [-0.2, 0) is 44.6 Å². The zero-order valence-corrected chi connectivity index (χ0v) is 37.5. The van der Waals surface area contributed by atoms with Gasteiger partial charge in [0, 0.05) is 61.2 Å². The zero-order valence-electron chi connectivity index (χ0n) is 37.5. The van der Waals surface area contributed by atoms with Crippen LogP contribution in [0.5, 0.6) is 0 Å². The summed E-state index contributed by atoms with van der Waals surface area (Å²) in [5.41, 5.74) is 2.03. The maximum absolute atomic E-state index is 17.0. The van der Waals surface area contributed by atoms with E-state index in [2.05, 4.69) is 15.2 Å². The van der Waals surface area contributed by atoms with E-state index in [0.717, 1.165) is 18.9 Å². The molecule has 0 aliphatic carbocycles. The van der Waals surface area contributed by atoms with E-state index in [9.17, 15) is 19.2 Å². The van der Waals surface area contributed by atoms with Gasteiger partial charge in [0.15, 0.2) is 17.7 Å². The normalized spacial score (nSPS) is 37.1. The van der Waals surface area contributed by atoms with Gasteiger partial charge in [0.2, 0.25) is 0 Å². The fourth-order valence-electron chi connectivity index (χ4n) is 9.83. The average Bonchev–Trinajstić information content (AvgIpc) is 3.78. The number of esters is 1. The van der Waals surface area contributed by atoms with Crippen molar-refractivity contribution in [2.24, 2.45) is 23.7 Å². The average molecular weight is 843 g/mol. The Morgan fingerprint density at radius 3 is 2.33 bits per heavy atom. The Bertz CT molecular complexity index is 1860. The van der Waals surface area contributed by atoms with Gasteiger partial charge in [-0.15, -0.1) is 5.10 Å². The number of Topliss-reactive ketones (excluding diaryl/α,β-unsaturated/α-hetero) is 2. The van der Waals surface area contributed by atoms with Gasteiger partial charge < -0.3 is 39.2 Å². The lowest BCUT2D eigenvalue weighted by Gasteiger charge is -2.48. The van der Waals surface area contributed by atoms with E-state index in [1.807, 2.05) is 52.3 Å². The molecule has 3 aliphatic heterocycles. The molecule has 5 rings (SSSR count). The summed E-state index contributed by atoms with van der Waals surface area (Å²) in [7, 11) is 5.42. The molecule has 0 spiro atoms. The van der Waals surface area contributed by atoms with Crippen molar-refractivity contribution in [3.05, 3.63) is 30.5 Å². The van der Waals surface area contributed by atoms with Crippen LogP contribution in [0.4, 0.5) is 14.9 Å². The number of methoxy groups -OCH3 is 1. The monoisotopic (exact) mass is 842 g/mol. The van der Waals surface area contributed by atoms with Gasteiger partial charge in [-0.1, -0.05) is 52.0 Å². The second-order valence-electron chi connectivity index (χ2n) is 18.2. The summed E-state index contributed by atoms with van der Waals surface area (Å²) in [6, 6.07) is 6.53. The van der Waals surface area contributed by atoms with Crippen molar-refractivity contribution in [1.29, 1.82) is 0 Å². The van der Waals surface area contributed by atoms with Crippen LogP contribution in [0.15, 0.2) is 30.5 Å². The number of aromatic nitrogens is 3. The largest absolute Gasteiger partial charge is 0.455 e. The molecular weight excluding hydrogens is 776 g/mol. The number of carbonyl (C=O) groups is 4. The molecule has 16 heteroatoms. The summed E-state index contributed by atoms with van der Waals surface area (Å²) in [5, 5.41) is 8.53. The molecule has 3 saturated heterocycles. The number of aryl methyl sites for hydroxylation is 1. The molecule has 3 aliphatic rings. The number of benzene rings is 1. The molecule has 1 aromatic carbocycles. The maximum atomic E-state index is 17.0. The number of hydrogen-bond acceptors (Lipinski definition) is 13. The zero-order chi connectivity index (χ0) is 44.5. The number of unbranched alkanes of at least 4 members (excludes halogenated alkanes) is 1. The molecular formula is C44H67FN6O9. The Labute approximate surface area is 354 Å². The third-order valence-electron chi connectivity index (χ3n) is 13.3. The predicted octanol–water partition coefficient (Wildman–Crippen LogP) is 5.88. The van der Waals surface area contributed by atoms with Crippen LogP contribution >= 0.6 is 0 Å². The summed E-state index contributed by atoms with van der Waals surface area (Å²) in [6.45, 7) is 15.6. The third kappa shape index (κ3) is 9.41. The molecule has 15 nitrogen and oxygen atoms in total. The molecule has 0 saturated carbocycles. The van der Waals surface area contributed by atoms with Crippen LogP contribution in [0.1, 0.15) is 94.4 Å². The Kier molecular flexibility index (Phi) is 14.6. The predicted molar refractivity (Wildman–Crippen MR) is 222 cm³/mol. The first-order chi connectivity index (χ1) is 28.1. The van der Waals surface area contributed by atoms with E-state index in [1.165, 1.54) is 18.9 Å². The molecule has 1 aromatic heterocycles. The molecule has 0 unspecified atom stereocenters. The maximum Gasteiger partial charge on any atom is 0.410 e. The molecule has 2 aromatic rings. The van der Waals surface area contributed by atoms with Crippen LogP contribution in [0.25, 0.3) is 11.3 Å². The second-order valence-corrected chi connectivity index (χ2v) is 18.2. The van der Waals surface area contributed by atoms with Gasteiger partial charge in [0.1, 0.15) is 17.6 Å². The number of carbonyl (C=O) groups excluding carboxylic acids is 4. The van der Waals surface area contributed by atoms with Crippen molar-refractivity contribution >= 4 is 29.3 Å². The van der Waals surface area contributed by atoms with Gasteiger partial charge in [0.05, 0.1) is 30.0 Å². The summed E-state index contributed by atoms with van der Waals surface area (Å²) < 4.78 is 49.9. The molecule has 334 valence electrons. The smallest absolute Gasteiger partial charge is 0.410 e. The number of cyclic esters (lactones) is 1. The Balaban J connectivity index is 1.45. The summed E-state index contributed by atoms with van der Waals surface area (Å²) in [5.74, 6) is -5.62. The molecule has 2 N–H and O–H groups in total. The van der Waals surface area contributed by atoms with E-state index in [4.69, 9.17) is 29.4 Å². The minimum absolute atomic E-state index is 0.0705. The van der Waals surface area contributed by atoms with Gasteiger partial charge in [-0.05, 0) is 86.0 Å². The van der Waals surface area contributed by atoms with Crippen LogP contribution in [0.2, 0.25) is 0 Å². The molecule has 13 atom stereocenters. The minimum atomic E-state index is -3.12. The molecule has 0 bridgehead atoms.